The van der Waals surface area contributed by atoms with Crippen LogP contribution in [0.25, 0.3) is 0 Å². The molecule has 0 unspecified atom stereocenters. The van der Waals surface area contributed by atoms with Crippen molar-refractivity contribution in [3.8, 4) is 0 Å². The molecule has 0 aliphatic heterocycles. The van der Waals surface area contributed by atoms with E-state index in [2.05, 4.69) is 36.6 Å². The van der Waals surface area contributed by atoms with E-state index in [1.54, 1.807) is 18.8 Å². The van der Waals surface area contributed by atoms with Crippen LogP contribution in [-0.2, 0) is 13.0 Å². The van der Waals surface area contributed by atoms with Crippen LogP contribution in [-0.4, -0.2) is 40.6 Å². The molecule has 0 bridgehead atoms. The Morgan fingerprint density at radius 2 is 1.96 bits per heavy atom. The summed E-state index contributed by atoms with van der Waals surface area (Å²) in [6.45, 7) is 1.55. The van der Waals surface area contributed by atoms with Gasteiger partial charge in [-0.25, -0.2) is 0 Å². The van der Waals surface area contributed by atoms with Crippen LogP contribution in [0.1, 0.15) is 49.5 Å². The zero-order chi connectivity index (χ0) is 19.8. The van der Waals surface area contributed by atoms with Gasteiger partial charge >= 0.3 is 0 Å². The van der Waals surface area contributed by atoms with Gasteiger partial charge in [-0.1, -0.05) is 48.3 Å². The van der Waals surface area contributed by atoms with Crippen molar-refractivity contribution in [2.45, 2.75) is 56.3 Å². The van der Waals surface area contributed by atoms with Crippen molar-refractivity contribution in [1.82, 2.24) is 25.4 Å². The summed E-state index contributed by atoms with van der Waals surface area (Å²) >= 11 is 7.62. The summed E-state index contributed by atoms with van der Waals surface area (Å²) in [6, 6.07) is 8.41. The highest BCUT2D eigenvalue weighted by atomic mass is 35.5. The molecule has 2 N–H and O–H groups in total. The maximum atomic E-state index is 5.93. The van der Waals surface area contributed by atoms with Gasteiger partial charge in [-0.3, -0.25) is 4.99 Å². The molecule has 28 heavy (non-hydrogen) atoms. The summed E-state index contributed by atoms with van der Waals surface area (Å²) < 4.78 is 2.38. The summed E-state index contributed by atoms with van der Waals surface area (Å²) in [6.07, 6.45) is 9.11. The standard InChI is InChI=1S/C20H29ClN6S/c1-22-19(24-14-15-9-11-16(21)12-10-15)23-13-5-8-18-25-26-20(28-2)27(18)17-6-3-4-7-17/h9-12,17H,3-8,13-14H2,1-2H3,(H2,22,23,24). The number of hydrogen-bond donors (Lipinski definition) is 2. The normalized spacial score (nSPS) is 15.2. The first-order valence-electron chi connectivity index (χ1n) is 9.88. The van der Waals surface area contributed by atoms with Gasteiger partial charge in [0.1, 0.15) is 5.82 Å². The molecule has 1 saturated carbocycles. The molecule has 6 nitrogen and oxygen atoms in total. The van der Waals surface area contributed by atoms with Crippen LogP contribution in [0.3, 0.4) is 0 Å². The highest BCUT2D eigenvalue weighted by Crippen LogP contribution is 2.33. The summed E-state index contributed by atoms with van der Waals surface area (Å²) in [4.78, 5) is 4.30. The average Bonchev–Trinajstić information content (AvgIpc) is 3.37. The molecule has 2 aromatic rings. The summed E-state index contributed by atoms with van der Waals surface area (Å²) in [5.41, 5.74) is 1.17. The second-order valence-corrected chi connectivity index (χ2v) is 8.20. The fraction of sp³-hybridized carbons (Fsp3) is 0.550. The van der Waals surface area contributed by atoms with Gasteiger partial charge in [0.2, 0.25) is 0 Å². The monoisotopic (exact) mass is 420 g/mol. The lowest BCUT2D eigenvalue weighted by Crippen LogP contribution is -2.37. The Hall–Kier alpha value is -1.73. The number of thioether (sulfide) groups is 1. The molecule has 1 heterocycles. The molecule has 0 saturated heterocycles. The maximum absolute atomic E-state index is 5.93. The molecular formula is C20H29ClN6S. The van der Waals surface area contributed by atoms with E-state index in [0.29, 0.717) is 12.6 Å². The number of guanidine groups is 1. The number of aliphatic imine (C=N–C) groups is 1. The van der Waals surface area contributed by atoms with E-state index in [9.17, 15) is 0 Å². The smallest absolute Gasteiger partial charge is 0.191 e. The minimum absolute atomic E-state index is 0.578. The van der Waals surface area contributed by atoms with E-state index in [0.717, 1.165) is 41.3 Å². The zero-order valence-electron chi connectivity index (χ0n) is 16.6. The number of aryl methyl sites for hydroxylation is 1. The third kappa shape index (κ3) is 5.64. The van der Waals surface area contributed by atoms with Crippen molar-refractivity contribution in [2.24, 2.45) is 4.99 Å². The number of nitrogens with one attached hydrogen (secondary N) is 2. The summed E-state index contributed by atoms with van der Waals surface area (Å²) in [7, 11) is 1.79. The number of aromatic nitrogens is 3. The second-order valence-electron chi connectivity index (χ2n) is 6.99. The predicted molar refractivity (Wildman–Crippen MR) is 117 cm³/mol. The molecule has 152 valence electrons. The second kappa shape index (κ2) is 10.7. The van der Waals surface area contributed by atoms with Crippen molar-refractivity contribution in [1.29, 1.82) is 0 Å². The number of halogens is 1. The van der Waals surface area contributed by atoms with Crippen LogP contribution in [0.15, 0.2) is 34.4 Å². The number of rotatable bonds is 8. The topological polar surface area (TPSA) is 67.1 Å². The minimum Gasteiger partial charge on any atom is -0.356 e. The fourth-order valence-electron chi connectivity index (χ4n) is 3.61. The van der Waals surface area contributed by atoms with E-state index in [1.165, 1.54) is 31.2 Å². The van der Waals surface area contributed by atoms with E-state index < -0.39 is 0 Å². The Bertz CT molecular complexity index is 768. The lowest BCUT2D eigenvalue weighted by atomic mass is 10.2. The molecule has 1 aliphatic carbocycles. The molecule has 1 aromatic carbocycles. The Balaban J connectivity index is 1.45. The first-order chi connectivity index (χ1) is 13.7. The van der Waals surface area contributed by atoms with Gasteiger partial charge in [0.05, 0.1) is 0 Å². The average molecular weight is 421 g/mol. The van der Waals surface area contributed by atoms with Crippen LogP contribution in [0, 0.1) is 0 Å². The van der Waals surface area contributed by atoms with E-state index >= 15 is 0 Å². The molecule has 0 atom stereocenters. The first-order valence-corrected chi connectivity index (χ1v) is 11.5. The van der Waals surface area contributed by atoms with Crippen LogP contribution < -0.4 is 10.6 Å². The van der Waals surface area contributed by atoms with Gasteiger partial charge in [-0.05, 0) is 43.2 Å². The molecule has 0 amide bonds. The van der Waals surface area contributed by atoms with Crippen molar-refractivity contribution in [3.05, 3.63) is 40.7 Å². The SMILES string of the molecule is CN=C(NCCCc1nnc(SC)n1C1CCCC1)NCc1ccc(Cl)cc1. The van der Waals surface area contributed by atoms with Crippen molar-refractivity contribution >= 4 is 29.3 Å². The molecule has 0 spiro atoms. The summed E-state index contributed by atoms with van der Waals surface area (Å²) in [5, 5.41) is 17.4. The summed E-state index contributed by atoms with van der Waals surface area (Å²) in [5.74, 6) is 1.92. The van der Waals surface area contributed by atoms with Crippen LogP contribution in [0.2, 0.25) is 5.02 Å². The van der Waals surface area contributed by atoms with Gasteiger partial charge in [-0.2, -0.15) is 0 Å². The lowest BCUT2D eigenvalue weighted by Gasteiger charge is -2.16. The Morgan fingerprint density at radius 3 is 2.64 bits per heavy atom. The molecule has 1 aromatic heterocycles. The van der Waals surface area contributed by atoms with E-state index in [-0.39, 0.29) is 0 Å². The quantitative estimate of drug-likeness (QED) is 0.291. The number of hydrogen-bond acceptors (Lipinski definition) is 4. The van der Waals surface area contributed by atoms with Crippen molar-refractivity contribution < 1.29 is 0 Å². The largest absolute Gasteiger partial charge is 0.356 e. The molecule has 0 radical (unpaired) electrons. The minimum atomic E-state index is 0.578. The molecule has 1 fully saturated rings. The van der Waals surface area contributed by atoms with Gasteiger partial charge in [0.25, 0.3) is 0 Å². The molecule has 8 heteroatoms. The Kier molecular flexibility index (Phi) is 8.03. The van der Waals surface area contributed by atoms with Crippen molar-refractivity contribution in [3.63, 3.8) is 0 Å². The van der Waals surface area contributed by atoms with E-state index in [4.69, 9.17) is 11.6 Å². The maximum Gasteiger partial charge on any atom is 0.191 e. The third-order valence-electron chi connectivity index (χ3n) is 5.07. The fourth-order valence-corrected chi connectivity index (χ4v) is 4.31. The predicted octanol–water partition coefficient (Wildman–Crippen LogP) is 4.07. The highest BCUT2D eigenvalue weighted by Gasteiger charge is 2.23. The van der Waals surface area contributed by atoms with Gasteiger partial charge < -0.3 is 15.2 Å². The van der Waals surface area contributed by atoms with E-state index in [1.807, 2.05) is 24.3 Å². The molecule has 1 aliphatic rings. The number of benzene rings is 1. The molecular weight excluding hydrogens is 392 g/mol. The van der Waals surface area contributed by atoms with Gasteiger partial charge in [0.15, 0.2) is 11.1 Å². The molecule has 3 rings (SSSR count). The first kappa shape index (κ1) is 21.0. The Labute approximate surface area is 176 Å². The number of nitrogens with zero attached hydrogens (tertiary/aromatic N) is 4. The highest BCUT2D eigenvalue weighted by molar-refractivity contribution is 7.98. The zero-order valence-corrected chi connectivity index (χ0v) is 18.2. The Morgan fingerprint density at radius 1 is 1.21 bits per heavy atom. The van der Waals surface area contributed by atoms with Crippen LogP contribution in [0.4, 0.5) is 0 Å². The van der Waals surface area contributed by atoms with Crippen LogP contribution >= 0.6 is 23.4 Å². The van der Waals surface area contributed by atoms with Gasteiger partial charge in [-0.15, -0.1) is 10.2 Å². The third-order valence-corrected chi connectivity index (χ3v) is 5.97. The van der Waals surface area contributed by atoms with Gasteiger partial charge in [0, 0.05) is 37.6 Å². The van der Waals surface area contributed by atoms with Crippen LogP contribution in [0.5, 0.6) is 0 Å². The lowest BCUT2D eigenvalue weighted by molar-refractivity contribution is 0.460. The van der Waals surface area contributed by atoms with Crippen molar-refractivity contribution in [2.75, 3.05) is 19.8 Å².